The van der Waals surface area contributed by atoms with E-state index in [9.17, 15) is 14.4 Å². The molecule has 1 aliphatic heterocycles. The molecule has 0 radical (unpaired) electrons. The summed E-state index contributed by atoms with van der Waals surface area (Å²) < 4.78 is 0. The first-order valence-electron chi connectivity index (χ1n) is 9.70. The van der Waals surface area contributed by atoms with Gasteiger partial charge in [0.25, 0.3) is 11.5 Å². The van der Waals surface area contributed by atoms with Gasteiger partial charge in [0.05, 0.1) is 10.6 Å². The lowest BCUT2D eigenvalue weighted by Gasteiger charge is -2.31. The zero-order valence-electron chi connectivity index (χ0n) is 16.2. The van der Waals surface area contributed by atoms with Crippen LogP contribution in [-0.4, -0.2) is 34.7 Å². The van der Waals surface area contributed by atoms with Crippen molar-refractivity contribution >= 4 is 23.0 Å². The Balaban J connectivity index is 1.42. The summed E-state index contributed by atoms with van der Waals surface area (Å²) in [7, 11) is 0. The molecule has 0 spiro atoms. The van der Waals surface area contributed by atoms with E-state index < -0.39 is 0 Å². The van der Waals surface area contributed by atoms with Gasteiger partial charge in [-0.1, -0.05) is 35.9 Å². The molecule has 0 unspecified atom stereocenters. The number of likely N-dealkylation sites (tertiary alicyclic amines) is 1. The highest BCUT2D eigenvalue weighted by atomic mass is 32.1. The lowest BCUT2D eigenvalue weighted by Crippen LogP contribution is -2.42. The van der Waals surface area contributed by atoms with Gasteiger partial charge in [-0.25, -0.2) is 0 Å². The van der Waals surface area contributed by atoms with Crippen molar-refractivity contribution in [3.05, 3.63) is 81.0 Å². The molecule has 1 aliphatic rings. The van der Waals surface area contributed by atoms with Crippen molar-refractivity contribution in [1.82, 2.24) is 9.88 Å². The maximum atomic E-state index is 12.8. The second-order valence-corrected chi connectivity index (χ2v) is 8.34. The zero-order valence-corrected chi connectivity index (χ0v) is 17.0. The standard InChI is InChI=1S/C23H22N2O3S/c1-15-4-6-16(7-5-15)21(26)17-10-12-25(13-11-17)23(28)18-8-9-19(24-22(18)27)20-3-2-14-29-20/h2-9,14,17H,10-13H2,1H3,(H,24,27). The molecule has 0 aliphatic carbocycles. The van der Waals surface area contributed by atoms with Crippen molar-refractivity contribution in [1.29, 1.82) is 0 Å². The first-order chi connectivity index (χ1) is 14.0. The van der Waals surface area contributed by atoms with E-state index in [-0.39, 0.29) is 28.7 Å². The molecule has 0 atom stereocenters. The van der Waals surface area contributed by atoms with Gasteiger partial charge in [-0.05, 0) is 43.3 Å². The smallest absolute Gasteiger partial charge is 0.261 e. The average molecular weight is 407 g/mol. The van der Waals surface area contributed by atoms with Gasteiger partial charge in [-0.15, -0.1) is 11.3 Å². The van der Waals surface area contributed by atoms with Crippen molar-refractivity contribution in [2.45, 2.75) is 19.8 Å². The molecule has 1 amide bonds. The van der Waals surface area contributed by atoms with E-state index in [1.54, 1.807) is 17.0 Å². The monoisotopic (exact) mass is 406 g/mol. The summed E-state index contributed by atoms with van der Waals surface area (Å²) in [6.07, 6.45) is 1.23. The largest absolute Gasteiger partial charge is 0.338 e. The van der Waals surface area contributed by atoms with Crippen LogP contribution in [0.4, 0.5) is 0 Å². The summed E-state index contributed by atoms with van der Waals surface area (Å²) in [4.78, 5) is 43.4. The van der Waals surface area contributed by atoms with Gasteiger partial charge in [0, 0.05) is 24.6 Å². The zero-order chi connectivity index (χ0) is 20.4. The molecule has 1 aromatic carbocycles. The van der Waals surface area contributed by atoms with Gasteiger partial charge < -0.3 is 9.88 Å². The van der Waals surface area contributed by atoms with Crippen LogP contribution >= 0.6 is 11.3 Å². The number of aromatic nitrogens is 1. The fourth-order valence-corrected chi connectivity index (χ4v) is 4.39. The van der Waals surface area contributed by atoms with Crippen LogP contribution in [0.3, 0.4) is 0 Å². The van der Waals surface area contributed by atoms with Gasteiger partial charge in [0.2, 0.25) is 0 Å². The lowest BCUT2D eigenvalue weighted by molar-refractivity contribution is 0.0649. The summed E-state index contributed by atoms with van der Waals surface area (Å²) in [6.45, 7) is 2.95. The summed E-state index contributed by atoms with van der Waals surface area (Å²) >= 11 is 1.53. The fourth-order valence-electron chi connectivity index (χ4n) is 3.69. The van der Waals surface area contributed by atoms with E-state index in [4.69, 9.17) is 0 Å². The van der Waals surface area contributed by atoms with E-state index >= 15 is 0 Å². The number of piperidine rings is 1. The molecule has 5 nitrogen and oxygen atoms in total. The van der Waals surface area contributed by atoms with Gasteiger partial charge in [0.1, 0.15) is 5.56 Å². The Bertz CT molecular complexity index is 1080. The highest BCUT2D eigenvalue weighted by Gasteiger charge is 2.29. The normalized spacial score (nSPS) is 14.7. The Labute approximate surface area is 173 Å². The first-order valence-corrected chi connectivity index (χ1v) is 10.6. The van der Waals surface area contributed by atoms with E-state index in [0.717, 1.165) is 16.0 Å². The van der Waals surface area contributed by atoms with Crippen molar-refractivity contribution in [2.75, 3.05) is 13.1 Å². The average Bonchev–Trinajstić information content (AvgIpc) is 3.28. The highest BCUT2D eigenvalue weighted by Crippen LogP contribution is 2.24. The number of ketones is 1. The number of pyridine rings is 1. The number of rotatable bonds is 4. The predicted molar refractivity (Wildman–Crippen MR) is 115 cm³/mol. The van der Waals surface area contributed by atoms with Crippen LogP contribution in [0.15, 0.2) is 58.7 Å². The number of aryl methyl sites for hydroxylation is 1. The first kappa shape index (κ1) is 19.3. The molecule has 0 bridgehead atoms. The molecule has 3 aromatic rings. The predicted octanol–water partition coefficient (Wildman–Crippen LogP) is 4.15. The van der Waals surface area contributed by atoms with Crippen molar-refractivity contribution in [3.63, 3.8) is 0 Å². The van der Waals surface area contributed by atoms with E-state index in [2.05, 4.69) is 4.98 Å². The van der Waals surface area contributed by atoms with Gasteiger partial charge >= 0.3 is 0 Å². The maximum absolute atomic E-state index is 12.8. The number of thiophene rings is 1. The number of hydrogen-bond acceptors (Lipinski definition) is 4. The third kappa shape index (κ3) is 4.07. The number of aromatic amines is 1. The molecular weight excluding hydrogens is 384 g/mol. The molecule has 6 heteroatoms. The topological polar surface area (TPSA) is 70.2 Å². The van der Waals surface area contributed by atoms with Crippen molar-refractivity contribution in [3.8, 4) is 10.6 Å². The number of carbonyl (C=O) groups excluding carboxylic acids is 2. The minimum atomic E-state index is -0.376. The summed E-state index contributed by atoms with van der Waals surface area (Å²) in [5, 5.41) is 1.94. The molecule has 0 saturated carbocycles. The molecule has 148 valence electrons. The Kier molecular flexibility index (Phi) is 5.45. The number of benzene rings is 1. The minimum absolute atomic E-state index is 0.0822. The van der Waals surface area contributed by atoms with E-state index in [1.165, 1.54) is 11.3 Å². The summed E-state index contributed by atoms with van der Waals surface area (Å²) in [5.41, 5.74) is 2.33. The number of nitrogens with one attached hydrogen (secondary N) is 1. The molecule has 29 heavy (non-hydrogen) atoms. The Hall–Kier alpha value is -2.99. The van der Waals surface area contributed by atoms with E-state index in [1.807, 2.05) is 48.7 Å². The number of hydrogen-bond donors (Lipinski definition) is 1. The lowest BCUT2D eigenvalue weighted by atomic mass is 9.88. The fraction of sp³-hybridized carbons (Fsp3) is 0.261. The third-order valence-corrected chi connectivity index (χ3v) is 6.32. The molecule has 1 saturated heterocycles. The van der Waals surface area contributed by atoms with Gasteiger partial charge in [-0.3, -0.25) is 14.4 Å². The van der Waals surface area contributed by atoms with Crippen LogP contribution in [-0.2, 0) is 0 Å². The van der Waals surface area contributed by atoms with Crippen molar-refractivity contribution < 1.29 is 9.59 Å². The Morgan fingerprint density at radius 2 is 1.76 bits per heavy atom. The third-order valence-electron chi connectivity index (χ3n) is 5.42. The molecule has 3 heterocycles. The van der Waals surface area contributed by atoms with Crippen LogP contribution in [0.1, 0.15) is 39.1 Å². The quantitative estimate of drug-likeness (QED) is 0.662. The SMILES string of the molecule is Cc1ccc(C(=O)C2CCN(C(=O)c3ccc(-c4cccs4)[nH]c3=O)CC2)cc1. The van der Waals surface area contributed by atoms with Crippen LogP contribution in [0, 0.1) is 12.8 Å². The Morgan fingerprint density at radius 3 is 2.38 bits per heavy atom. The second kappa shape index (κ2) is 8.17. The molecule has 1 N–H and O–H groups in total. The molecule has 4 rings (SSSR count). The number of Topliss-reactive ketones (excluding diaryl/α,β-unsaturated/α-hetero) is 1. The highest BCUT2D eigenvalue weighted by molar-refractivity contribution is 7.13. The maximum Gasteiger partial charge on any atom is 0.261 e. The minimum Gasteiger partial charge on any atom is -0.338 e. The van der Waals surface area contributed by atoms with E-state index in [0.29, 0.717) is 31.6 Å². The number of amides is 1. The van der Waals surface area contributed by atoms with Crippen LogP contribution in [0.2, 0.25) is 0 Å². The van der Waals surface area contributed by atoms with Gasteiger partial charge in [0.15, 0.2) is 5.78 Å². The van der Waals surface area contributed by atoms with Crippen LogP contribution in [0.25, 0.3) is 10.6 Å². The summed E-state index contributed by atoms with van der Waals surface area (Å²) in [6, 6.07) is 14.8. The van der Waals surface area contributed by atoms with Gasteiger partial charge in [-0.2, -0.15) is 0 Å². The molecule has 2 aromatic heterocycles. The molecule has 1 fully saturated rings. The van der Waals surface area contributed by atoms with Crippen LogP contribution in [0.5, 0.6) is 0 Å². The molecular formula is C23H22N2O3S. The van der Waals surface area contributed by atoms with Crippen molar-refractivity contribution in [2.24, 2.45) is 5.92 Å². The Morgan fingerprint density at radius 1 is 1.03 bits per heavy atom. The summed E-state index contributed by atoms with van der Waals surface area (Å²) in [5.74, 6) is -0.221. The number of carbonyl (C=O) groups is 2. The van der Waals surface area contributed by atoms with Crippen LogP contribution < -0.4 is 5.56 Å². The second-order valence-electron chi connectivity index (χ2n) is 7.39. The number of H-pyrrole nitrogens is 1. The number of nitrogens with zero attached hydrogens (tertiary/aromatic N) is 1.